The van der Waals surface area contributed by atoms with Crippen LogP contribution in [0.2, 0.25) is 0 Å². The van der Waals surface area contributed by atoms with E-state index in [1.165, 1.54) is 12.1 Å². The first-order valence-corrected chi connectivity index (χ1v) is 8.09. The van der Waals surface area contributed by atoms with Gasteiger partial charge in [0.1, 0.15) is 11.6 Å². The fraction of sp³-hybridized carbons (Fsp3) is 0.263. The fourth-order valence-electron chi connectivity index (χ4n) is 2.74. The van der Waals surface area contributed by atoms with E-state index in [2.05, 4.69) is 5.32 Å². The summed E-state index contributed by atoms with van der Waals surface area (Å²) in [5.41, 5.74) is 1.86. The van der Waals surface area contributed by atoms with E-state index in [9.17, 15) is 14.0 Å². The first-order valence-electron chi connectivity index (χ1n) is 8.09. The molecule has 0 saturated heterocycles. The number of aryl methyl sites for hydroxylation is 1. The second kappa shape index (κ2) is 6.93. The number of nitrogens with zero attached hydrogens (tertiary/aromatic N) is 1. The van der Waals surface area contributed by atoms with Gasteiger partial charge in [-0.1, -0.05) is 18.2 Å². The van der Waals surface area contributed by atoms with Gasteiger partial charge in [-0.2, -0.15) is 0 Å². The zero-order chi connectivity index (χ0) is 18.0. The highest BCUT2D eigenvalue weighted by Crippen LogP contribution is 2.33. The Labute approximate surface area is 145 Å². The monoisotopic (exact) mass is 342 g/mol. The highest BCUT2D eigenvalue weighted by atomic mass is 19.1. The zero-order valence-corrected chi connectivity index (χ0v) is 14.1. The molecule has 1 heterocycles. The van der Waals surface area contributed by atoms with Crippen LogP contribution in [-0.2, 0) is 9.59 Å². The van der Waals surface area contributed by atoms with Crippen LogP contribution < -0.4 is 15.0 Å². The number of carbonyl (C=O) groups is 2. The van der Waals surface area contributed by atoms with Crippen LogP contribution in [0.3, 0.4) is 0 Å². The molecule has 1 atom stereocenters. The summed E-state index contributed by atoms with van der Waals surface area (Å²) in [6, 6.07) is 11.5. The standard InChI is InChI=1S/C19H19FN2O3/c1-12-7-8-14(20)11-15(12)21-18(23)9-10-22-16-5-3-4-6-17(16)25-13(2)19(22)24/h3-8,11,13H,9-10H2,1-2H3,(H,21,23)/t13-/m0/s1. The molecule has 2 aromatic rings. The summed E-state index contributed by atoms with van der Waals surface area (Å²) in [6.07, 6.45) is -0.494. The van der Waals surface area contributed by atoms with Gasteiger partial charge in [0.25, 0.3) is 5.91 Å². The molecule has 1 aliphatic rings. The zero-order valence-electron chi connectivity index (χ0n) is 14.1. The van der Waals surface area contributed by atoms with Gasteiger partial charge in [0.2, 0.25) is 5.91 Å². The molecule has 0 fully saturated rings. The van der Waals surface area contributed by atoms with Gasteiger partial charge in [0, 0.05) is 18.7 Å². The van der Waals surface area contributed by atoms with Crippen LogP contribution in [-0.4, -0.2) is 24.5 Å². The fourth-order valence-corrected chi connectivity index (χ4v) is 2.74. The van der Waals surface area contributed by atoms with E-state index in [1.807, 2.05) is 12.1 Å². The molecule has 0 aromatic heterocycles. The number of ether oxygens (including phenoxy) is 1. The number of amides is 2. The number of benzene rings is 2. The highest BCUT2D eigenvalue weighted by Gasteiger charge is 2.31. The number of para-hydroxylation sites is 2. The summed E-state index contributed by atoms with van der Waals surface area (Å²) in [7, 11) is 0. The number of fused-ring (bicyclic) bond motifs is 1. The normalized spacial score (nSPS) is 16.2. The Kier molecular flexibility index (Phi) is 4.70. The van der Waals surface area contributed by atoms with Crippen molar-refractivity contribution in [2.75, 3.05) is 16.8 Å². The molecular weight excluding hydrogens is 323 g/mol. The smallest absolute Gasteiger partial charge is 0.267 e. The van der Waals surface area contributed by atoms with Gasteiger partial charge in [0.05, 0.1) is 5.69 Å². The van der Waals surface area contributed by atoms with Crippen molar-refractivity contribution in [1.29, 1.82) is 0 Å². The first kappa shape index (κ1) is 17.0. The lowest BCUT2D eigenvalue weighted by atomic mass is 10.1. The van der Waals surface area contributed by atoms with E-state index < -0.39 is 11.9 Å². The third-order valence-electron chi connectivity index (χ3n) is 4.11. The molecule has 25 heavy (non-hydrogen) atoms. The van der Waals surface area contributed by atoms with Crippen molar-refractivity contribution in [2.24, 2.45) is 0 Å². The molecule has 0 aliphatic carbocycles. The van der Waals surface area contributed by atoms with Crippen molar-refractivity contribution in [3.05, 3.63) is 53.8 Å². The van der Waals surface area contributed by atoms with Crippen LogP contribution in [0, 0.1) is 12.7 Å². The van der Waals surface area contributed by atoms with Crippen molar-refractivity contribution in [2.45, 2.75) is 26.4 Å². The van der Waals surface area contributed by atoms with Crippen LogP contribution in [0.25, 0.3) is 0 Å². The lowest BCUT2D eigenvalue weighted by Gasteiger charge is -2.32. The Bertz CT molecular complexity index is 822. The minimum Gasteiger partial charge on any atom is -0.479 e. The molecule has 6 heteroatoms. The average Bonchev–Trinajstić information content (AvgIpc) is 2.58. The molecule has 2 aromatic carbocycles. The lowest BCUT2D eigenvalue weighted by molar-refractivity contribution is -0.125. The molecule has 3 rings (SSSR count). The summed E-state index contributed by atoms with van der Waals surface area (Å²) in [5, 5.41) is 2.69. The quantitative estimate of drug-likeness (QED) is 0.928. The molecule has 0 unspecified atom stereocenters. The molecule has 5 nitrogen and oxygen atoms in total. The Balaban J connectivity index is 1.69. The number of hydrogen-bond acceptors (Lipinski definition) is 3. The molecule has 1 N–H and O–H groups in total. The van der Waals surface area contributed by atoms with Gasteiger partial charge < -0.3 is 15.0 Å². The van der Waals surface area contributed by atoms with Gasteiger partial charge in [-0.25, -0.2) is 4.39 Å². The van der Waals surface area contributed by atoms with Crippen molar-refractivity contribution in [3.8, 4) is 5.75 Å². The Morgan fingerprint density at radius 3 is 2.84 bits per heavy atom. The van der Waals surface area contributed by atoms with Crippen molar-refractivity contribution >= 4 is 23.2 Å². The molecule has 0 spiro atoms. The molecule has 0 bridgehead atoms. The number of carbonyl (C=O) groups excluding carboxylic acids is 2. The number of nitrogens with one attached hydrogen (secondary N) is 1. The predicted octanol–water partition coefficient (Wildman–Crippen LogP) is 3.28. The van der Waals surface area contributed by atoms with Gasteiger partial charge >= 0.3 is 0 Å². The lowest BCUT2D eigenvalue weighted by Crippen LogP contribution is -2.45. The molecule has 0 saturated carbocycles. The van der Waals surface area contributed by atoms with Gasteiger partial charge in [0.15, 0.2) is 6.10 Å². The summed E-state index contributed by atoms with van der Waals surface area (Å²) in [6.45, 7) is 3.70. The third kappa shape index (κ3) is 3.63. The SMILES string of the molecule is Cc1ccc(F)cc1NC(=O)CCN1C(=O)[C@H](C)Oc2ccccc21. The van der Waals surface area contributed by atoms with Crippen molar-refractivity contribution < 1.29 is 18.7 Å². The van der Waals surface area contributed by atoms with E-state index in [-0.39, 0.29) is 24.8 Å². The van der Waals surface area contributed by atoms with Crippen LogP contribution >= 0.6 is 0 Å². The number of hydrogen-bond donors (Lipinski definition) is 1. The molecular formula is C19H19FN2O3. The molecule has 2 amide bonds. The summed E-state index contributed by atoms with van der Waals surface area (Å²) in [4.78, 5) is 26.2. The van der Waals surface area contributed by atoms with Gasteiger partial charge in [-0.3, -0.25) is 9.59 Å². The minimum absolute atomic E-state index is 0.0999. The van der Waals surface area contributed by atoms with E-state index in [4.69, 9.17) is 4.74 Å². The largest absolute Gasteiger partial charge is 0.479 e. The van der Waals surface area contributed by atoms with Crippen LogP contribution in [0.15, 0.2) is 42.5 Å². The summed E-state index contributed by atoms with van der Waals surface area (Å²) in [5.74, 6) is -0.255. The maximum atomic E-state index is 13.3. The molecule has 0 radical (unpaired) electrons. The minimum atomic E-state index is -0.594. The second-order valence-corrected chi connectivity index (χ2v) is 5.98. The first-order chi connectivity index (χ1) is 12.0. The summed E-state index contributed by atoms with van der Waals surface area (Å²) < 4.78 is 18.9. The average molecular weight is 342 g/mol. The topological polar surface area (TPSA) is 58.6 Å². The maximum Gasteiger partial charge on any atom is 0.267 e. The Morgan fingerprint density at radius 2 is 2.04 bits per heavy atom. The number of rotatable bonds is 4. The maximum absolute atomic E-state index is 13.3. The van der Waals surface area contributed by atoms with E-state index in [0.29, 0.717) is 17.1 Å². The highest BCUT2D eigenvalue weighted by molar-refractivity contribution is 6.00. The third-order valence-corrected chi connectivity index (χ3v) is 4.11. The van der Waals surface area contributed by atoms with Gasteiger partial charge in [-0.15, -0.1) is 0 Å². The summed E-state index contributed by atoms with van der Waals surface area (Å²) >= 11 is 0. The molecule has 1 aliphatic heterocycles. The van der Waals surface area contributed by atoms with Crippen LogP contribution in [0.5, 0.6) is 5.75 Å². The van der Waals surface area contributed by atoms with E-state index in [0.717, 1.165) is 5.56 Å². The number of halogens is 1. The number of anilines is 2. The van der Waals surface area contributed by atoms with Gasteiger partial charge in [-0.05, 0) is 43.7 Å². The predicted molar refractivity (Wildman–Crippen MR) is 93.3 cm³/mol. The molecule has 130 valence electrons. The Hall–Kier alpha value is -2.89. The van der Waals surface area contributed by atoms with Crippen LogP contribution in [0.4, 0.5) is 15.8 Å². The van der Waals surface area contributed by atoms with E-state index >= 15 is 0 Å². The van der Waals surface area contributed by atoms with Crippen LogP contribution in [0.1, 0.15) is 18.9 Å². The van der Waals surface area contributed by atoms with Crippen molar-refractivity contribution in [3.63, 3.8) is 0 Å². The van der Waals surface area contributed by atoms with E-state index in [1.54, 1.807) is 36.9 Å². The second-order valence-electron chi connectivity index (χ2n) is 5.98. The Morgan fingerprint density at radius 1 is 1.28 bits per heavy atom. The van der Waals surface area contributed by atoms with Crippen molar-refractivity contribution in [1.82, 2.24) is 0 Å².